The molecule has 11 nitrogen and oxygen atoms in total. The number of methoxy groups -OCH3 is 2. The number of ether oxygens (including phenoxy) is 5. The van der Waals surface area contributed by atoms with Crippen LogP contribution in [-0.2, 0) is 9.59 Å². The van der Waals surface area contributed by atoms with Crippen molar-refractivity contribution in [1.82, 2.24) is 14.7 Å². The second-order valence-corrected chi connectivity index (χ2v) is 12.0. The summed E-state index contributed by atoms with van der Waals surface area (Å²) in [7, 11) is 7.24. The molecule has 248 valence electrons. The lowest BCUT2D eigenvalue weighted by atomic mass is 9.84. The van der Waals surface area contributed by atoms with Gasteiger partial charge in [0.2, 0.25) is 18.4 Å². The van der Waals surface area contributed by atoms with Crippen LogP contribution in [0.3, 0.4) is 0 Å². The van der Waals surface area contributed by atoms with Gasteiger partial charge in [0.15, 0.2) is 23.0 Å². The molecule has 2 aromatic rings. The van der Waals surface area contributed by atoms with E-state index in [-0.39, 0.29) is 25.9 Å². The number of amides is 1. The van der Waals surface area contributed by atoms with E-state index in [0.29, 0.717) is 54.8 Å². The summed E-state index contributed by atoms with van der Waals surface area (Å²) in [5.74, 6) is 0.663. The van der Waals surface area contributed by atoms with Gasteiger partial charge in [-0.15, -0.1) is 0 Å². The van der Waals surface area contributed by atoms with Gasteiger partial charge >= 0.3 is 5.97 Å². The fraction of sp³-hybridized carbons (Fsp3) is 0.588. The number of hydrogen-bond donors (Lipinski definition) is 1. The lowest BCUT2D eigenvalue weighted by molar-refractivity contribution is -0.144. The number of aliphatic carboxylic acids is 1. The topological polar surface area (TPSA) is 110 Å². The number of benzene rings is 2. The zero-order valence-electron chi connectivity index (χ0n) is 27.3. The van der Waals surface area contributed by atoms with Gasteiger partial charge in [0.1, 0.15) is 0 Å². The number of carbonyl (C=O) groups excluding carboxylic acids is 1. The molecule has 1 saturated heterocycles. The Labute approximate surface area is 266 Å². The van der Waals surface area contributed by atoms with E-state index in [4.69, 9.17) is 23.7 Å². The van der Waals surface area contributed by atoms with Gasteiger partial charge in [-0.05, 0) is 76.2 Å². The standard InChI is InChI=1S/C34H49N3O8/c1-6-7-16-36(17-11-10-15-35(2)3)31(38)22-37-21-25(24-19-29(42-5)33-30(20-24)44-23-45-33)32(34(39)40)26(37)14-18-43-28-13-9-8-12-27(28)41-4/h8-9,12-13,19-20,25-26,32H,6-7,10-11,14-18,21-23H2,1-5H3,(H,39,40). The van der Waals surface area contributed by atoms with Crippen LogP contribution >= 0.6 is 0 Å². The highest BCUT2D eigenvalue weighted by Crippen LogP contribution is 2.47. The molecule has 3 atom stereocenters. The van der Waals surface area contributed by atoms with E-state index >= 15 is 0 Å². The van der Waals surface area contributed by atoms with E-state index in [0.717, 1.165) is 37.8 Å². The van der Waals surface area contributed by atoms with Crippen LogP contribution in [0.2, 0.25) is 0 Å². The molecule has 0 radical (unpaired) electrons. The number of rotatable bonds is 18. The molecule has 0 aromatic heterocycles. The number of carboxylic acid groups (broad SMARTS) is 1. The van der Waals surface area contributed by atoms with E-state index in [1.54, 1.807) is 14.2 Å². The van der Waals surface area contributed by atoms with Crippen LogP contribution in [0, 0.1) is 5.92 Å². The Morgan fingerprint density at radius 1 is 0.978 bits per heavy atom. The van der Waals surface area contributed by atoms with Gasteiger partial charge in [-0.2, -0.15) is 0 Å². The monoisotopic (exact) mass is 627 g/mol. The molecule has 11 heteroatoms. The molecule has 1 fully saturated rings. The summed E-state index contributed by atoms with van der Waals surface area (Å²) in [5, 5.41) is 10.6. The van der Waals surface area contributed by atoms with E-state index in [1.165, 1.54) is 0 Å². The van der Waals surface area contributed by atoms with Crippen LogP contribution in [0.5, 0.6) is 28.7 Å². The first kappa shape index (κ1) is 34.2. The third-order valence-corrected chi connectivity index (χ3v) is 8.64. The second kappa shape index (κ2) is 16.6. The fourth-order valence-corrected chi connectivity index (χ4v) is 6.30. The first-order valence-electron chi connectivity index (χ1n) is 15.9. The van der Waals surface area contributed by atoms with Crippen molar-refractivity contribution in [3.8, 4) is 28.7 Å². The third-order valence-electron chi connectivity index (χ3n) is 8.64. The number of nitrogens with zero attached hydrogens (tertiary/aromatic N) is 3. The summed E-state index contributed by atoms with van der Waals surface area (Å²) < 4.78 is 28.3. The maximum absolute atomic E-state index is 13.9. The van der Waals surface area contributed by atoms with Gasteiger partial charge < -0.3 is 38.6 Å². The van der Waals surface area contributed by atoms with E-state index in [2.05, 4.69) is 25.9 Å². The summed E-state index contributed by atoms with van der Waals surface area (Å²) in [6, 6.07) is 10.6. The maximum atomic E-state index is 13.9. The Bertz CT molecular complexity index is 1270. The Hall–Kier alpha value is -3.70. The Kier molecular flexibility index (Phi) is 12.6. The minimum atomic E-state index is -0.916. The lowest BCUT2D eigenvalue weighted by Gasteiger charge is -2.30. The highest BCUT2D eigenvalue weighted by Gasteiger charge is 2.47. The molecule has 3 unspecified atom stereocenters. The number of carboxylic acids is 1. The molecule has 45 heavy (non-hydrogen) atoms. The molecule has 2 heterocycles. The fourth-order valence-electron chi connectivity index (χ4n) is 6.30. The number of likely N-dealkylation sites (tertiary alicyclic amines) is 1. The van der Waals surface area contributed by atoms with Gasteiger partial charge in [0.05, 0.1) is 33.3 Å². The van der Waals surface area contributed by atoms with Crippen LogP contribution in [0.15, 0.2) is 36.4 Å². The average molecular weight is 628 g/mol. The smallest absolute Gasteiger partial charge is 0.308 e. The van der Waals surface area contributed by atoms with Gasteiger partial charge in [-0.1, -0.05) is 25.5 Å². The van der Waals surface area contributed by atoms with E-state index < -0.39 is 23.8 Å². The minimum absolute atomic E-state index is 0.0250. The molecule has 2 aliphatic rings. The van der Waals surface area contributed by atoms with Gasteiger partial charge in [-0.3, -0.25) is 14.5 Å². The number of para-hydroxylation sites is 2. The number of hydrogen-bond acceptors (Lipinski definition) is 9. The largest absolute Gasteiger partial charge is 0.493 e. The van der Waals surface area contributed by atoms with Gasteiger partial charge in [-0.25, -0.2) is 0 Å². The molecule has 2 aliphatic heterocycles. The van der Waals surface area contributed by atoms with Crippen molar-refractivity contribution in [2.75, 3.05) is 74.4 Å². The summed E-state index contributed by atoms with van der Waals surface area (Å²) in [4.78, 5) is 33.0. The Balaban J connectivity index is 1.58. The minimum Gasteiger partial charge on any atom is -0.493 e. The summed E-state index contributed by atoms with van der Waals surface area (Å²) in [5.41, 5.74) is 0.778. The molecule has 1 amide bonds. The molecule has 4 rings (SSSR count). The predicted octanol–water partition coefficient (Wildman–Crippen LogP) is 4.34. The second-order valence-electron chi connectivity index (χ2n) is 12.0. The molecule has 0 spiro atoms. The quantitative estimate of drug-likeness (QED) is 0.240. The summed E-state index contributed by atoms with van der Waals surface area (Å²) in [6.45, 7) is 5.34. The van der Waals surface area contributed by atoms with Gasteiger partial charge in [0, 0.05) is 31.6 Å². The Morgan fingerprint density at radius 2 is 1.69 bits per heavy atom. The van der Waals surface area contributed by atoms with Gasteiger partial charge in [0.25, 0.3) is 0 Å². The van der Waals surface area contributed by atoms with Crippen LogP contribution in [0.25, 0.3) is 0 Å². The highest BCUT2D eigenvalue weighted by molar-refractivity contribution is 5.79. The summed E-state index contributed by atoms with van der Waals surface area (Å²) in [6.07, 6.45) is 4.25. The molecule has 2 aromatic carbocycles. The molecule has 1 N–H and O–H groups in total. The first-order chi connectivity index (χ1) is 21.8. The normalized spacial score (nSPS) is 19.1. The lowest BCUT2D eigenvalue weighted by Crippen LogP contribution is -2.45. The maximum Gasteiger partial charge on any atom is 0.308 e. The zero-order valence-corrected chi connectivity index (χ0v) is 27.3. The van der Waals surface area contributed by atoms with Crippen molar-refractivity contribution in [3.63, 3.8) is 0 Å². The molecular formula is C34H49N3O8. The van der Waals surface area contributed by atoms with Crippen LogP contribution < -0.4 is 23.7 Å². The van der Waals surface area contributed by atoms with Crippen molar-refractivity contribution < 1.29 is 38.4 Å². The first-order valence-corrected chi connectivity index (χ1v) is 15.9. The number of fused-ring (bicyclic) bond motifs is 1. The van der Waals surface area contributed by atoms with Crippen molar-refractivity contribution >= 4 is 11.9 Å². The number of unbranched alkanes of at least 4 members (excludes halogenated alkanes) is 2. The molecular weight excluding hydrogens is 578 g/mol. The number of carbonyl (C=O) groups is 2. The van der Waals surface area contributed by atoms with Crippen LogP contribution in [0.1, 0.15) is 50.5 Å². The van der Waals surface area contributed by atoms with E-state index in [9.17, 15) is 14.7 Å². The van der Waals surface area contributed by atoms with E-state index in [1.807, 2.05) is 46.2 Å². The van der Waals surface area contributed by atoms with Crippen molar-refractivity contribution in [2.45, 2.75) is 51.0 Å². The SMILES string of the molecule is CCCCN(CCCCN(C)C)C(=O)CN1CC(c2cc(OC)c3c(c2)OCO3)C(C(=O)O)C1CCOc1ccccc1OC. The third kappa shape index (κ3) is 8.73. The molecule has 0 aliphatic carbocycles. The van der Waals surface area contributed by atoms with Crippen molar-refractivity contribution in [3.05, 3.63) is 42.0 Å². The molecule has 0 saturated carbocycles. The zero-order chi connectivity index (χ0) is 32.3. The predicted molar refractivity (Wildman–Crippen MR) is 171 cm³/mol. The highest BCUT2D eigenvalue weighted by atomic mass is 16.7. The van der Waals surface area contributed by atoms with Crippen LogP contribution in [-0.4, -0.2) is 112 Å². The molecule has 0 bridgehead atoms. The Morgan fingerprint density at radius 3 is 2.38 bits per heavy atom. The average Bonchev–Trinajstić information content (AvgIpc) is 3.65. The van der Waals surface area contributed by atoms with Crippen molar-refractivity contribution in [1.29, 1.82) is 0 Å². The van der Waals surface area contributed by atoms with Crippen LogP contribution in [0.4, 0.5) is 0 Å². The summed E-state index contributed by atoms with van der Waals surface area (Å²) >= 11 is 0. The van der Waals surface area contributed by atoms with Crippen molar-refractivity contribution in [2.24, 2.45) is 5.92 Å².